The molecule has 1 aliphatic rings. The average Bonchev–Trinajstić information content (AvgIpc) is 3.39. The first kappa shape index (κ1) is 61.2. The van der Waals surface area contributed by atoms with Crippen molar-refractivity contribution in [3.8, 4) is 47.3 Å². The first-order chi connectivity index (χ1) is 40.0. The van der Waals surface area contributed by atoms with Gasteiger partial charge in [-0.2, -0.15) is 54.7 Å². The van der Waals surface area contributed by atoms with E-state index in [9.17, 15) is 54.7 Å². The smallest absolute Gasteiger partial charge is 0.339 e. The van der Waals surface area contributed by atoms with Crippen LogP contribution >= 0.6 is 63.7 Å². The summed E-state index contributed by atoms with van der Waals surface area (Å²) in [5, 5.41) is 42.4. The van der Waals surface area contributed by atoms with Crippen LogP contribution in [0.5, 0.6) is 23.0 Å². The van der Waals surface area contributed by atoms with Gasteiger partial charge in [-0.3, -0.25) is 0 Å². The van der Waals surface area contributed by atoms with Crippen LogP contribution in [0, 0.1) is 45.3 Å². The number of nitriles is 4. The van der Waals surface area contributed by atoms with Gasteiger partial charge in [0, 0.05) is 17.9 Å². The average molecular weight is 1460 g/mol. The van der Waals surface area contributed by atoms with Gasteiger partial charge in [-0.25, -0.2) is 0 Å². The summed E-state index contributed by atoms with van der Waals surface area (Å²) < 4.78 is 139. The van der Waals surface area contributed by atoms with Gasteiger partial charge in [0.15, 0.2) is 0 Å². The van der Waals surface area contributed by atoms with Crippen LogP contribution in [-0.2, 0) is 91.8 Å². The maximum atomic E-state index is 14.1. The van der Waals surface area contributed by atoms with Gasteiger partial charge in [0.2, 0.25) is 0 Å². The highest BCUT2D eigenvalue weighted by Gasteiger charge is 2.28. The van der Waals surface area contributed by atoms with Crippen molar-refractivity contribution >= 4 is 104 Å². The van der Waals surface area contributed by atoms with Crippen molar-refractivity contribution in [2.45, 2.75) is 70.9 Å². The summed E-state index contributed by atoms with van der Waals surface area (Å²) in [7, 11) is -18.4. The number of hydrogen-bond acceptors (Lipinski definition) is 16. The lowest BCUT2D eigenvalue weighted by atomic mass is 9.83. The van der Waals surface area contributed by atoms with E-state index in [4.69, 9.17) is 16.7 Å². The van der Waals surface area contributed by atoms with E-state index in [1.807, 2.05) is 0 Å². The molecule has 0 fully saturated rings. The predicted molar refractivity (Wildman–Crippen MR) is 322 cm³/mol. The number of benzene rings is 8. The fraction of sp³-hybridized carbons (Fsp3) is 0.133. The second kappa shape index (κ2) is 25.5. The van der Waals surface area contributed by atoms with Crippen molar-refractivity contribution in [2.24, 2.45) is 0 Å². The molecule has 8 aromatic carbocycles. The van der Waals surface area contributed by atoms with Crippen LogP contribution in [-0.4, -0.2) is 33.7 Å². The van der Waals surface area contributed by atoms with Gasteiger partial charge >= 0.3 is 40.5 Å². The second-order valence-corrected chi connectivity index (χ2v) is 28.7. The molecule has 1 aliphatic carbocycles. The molecule has 0 heterocycles. The molecular formula is C60H40Br4N4O12S4. The number of fused-ring (bicyclic) bond motifs is 8. The number of rotatable bonds is 16. The fourth-order valence-electron chi connectivity index (χ4n) is 9.67. The first-order valence-corrected chi connectivity index (χ1v) is 33.6. The van der Waals surface area contributed by atoms with Gasteiger partial charge in [0.05, 0.1) is 50.0 Å². The maximum absolute atomic E-state index is 14.1. The number of nitrogens with zero attached hydrogens (tertiary/aromatic N) is 4. The van der Waals surface area contributed by atoms with Gasteiger partial charge < -0.3 is 16.7 Å². The molecule has 0 amide bonds. The lowest BCUT2D eigenvalue weighted by Gasteiger charge is -2.23. The molecular weight excluding hydrogens is 1420 g/mol. The van der Waals surface area contributed by atoms with Crippen molar-refractivity contribution in [1.82, 2.24) is 0 Å². The first-order valence-electron chi connectivity index (χ1n) is 24.8. The molecule has 0 unspecified atom stereocenters. The van der Waals surface area contributed by atoms with Crippen LogP contribution in [0.25, 0.3) is 0 Å². The minimum Gasteiger partial charge on any atom is -0.379 e. The molecule has 0 saturated carbocycles. The van der Waals surface area contributed by atoms with Gasteiger partial charge in [-0.05, 0) is 238 Å². The Bertz CT molecular complexity index is 3900. The van der Waals surface area contributed by atoms with Crippen LogP contribution in [0.3, 0.4) is 0 Å². The maximum Gasteiger partial charge on any atom is 0.339 e. The zero-order valence-corrected chi connectivity index (χ0v) is 53.0. The SMILES string of the molecule is N#CCc1c2cc(OS(=O)(=O)c3ccc(Br)cc3)cc1Cc1cc(OS(=O)(=O)c3ccc(Br)cc3)cc(c1CC#N)Cc1cc(OS(=O)(=O)c3ccc(Br)cc3)cc(c1CC#N)Cc1cc(OS(=O)(=O)c3ccc(Br)cc3)cc(c1CC#N)C2. The third-order valence-electron chi connectivity index (χ3n) is 13.4. The lowest BCUT2D eigenvalue weighted by molar-refractivity contribution is 0.483. The summed E-state index contributed by atoms with van der Waals surface area (Å²) >= 11 is 13.3. The fourth-order valence-corrected chi connectivity index (χ4v) is 14.4. The molecule has 16 nitrogen and oxygen atoms in total. The van der Waals surface area contributed by atoms with E-state index in [-0.39, 0.29) is 138 Å². The third-order valence-corrected chi connectivity index (χ3v) is 20.6. The summed E-state index contributed by atoms with van der Waals surface area (Å²) in [5.41, 5.74) is 3.53. The van der Waals surface area contributed by atoms with Gasteiger partial charge in [0.25, 0.3) is 0 Å². The van der Waals surface area contributed by atoms with Crippen molar-refractivity contribution < 1.29 is 50.4 Å². The van der Waals surface area contributed by atoms with Gasteiger partial charge in [0.1, 0.15) is 42.6 Å². The van der Waals surface area contributed by atoms with Gasteiger partial charge in [-0.1, -0.05) is 63.7 Å². The summed E-state index contributed by atoms with van der Waals surface area (Å²) in [6.07, 6.45) is -2.24. The van der Waals surface area contributed by atoms with Crippen LogP contribution in [0.15, 0.2) is 183 Å². The molecule has 424 valence electrons. The second-order valence-electron chi connectivity index (χ2n) is 18.9. The van der Waals surface area contributed by atoms with E-state index in [0.29, 0.717) is 40.1 Å². The zero-order chi connectivity index (χ0) is 60.1. The monoisotopic (exact) mass is 1450 g/mol. The van der Waals surface area contributed by atoms with Crippen LogP contribution in [0.2, 0.25) is 0 Å². The van der Waals surface area contributed by atoms with Crippen molar-refractivity contribution in [1.29, 1.82) is 21.0 Å². The summed E-state index contributed by atoms with van der Waals surface area (Å²) in [6.45, 7) is 0. The quantitative estimate of drug-likeness (QED) is 0.0813. The van der Waals surface area contributed by atoms with E-state index >= 15 is 0 Å². The van der Waals surface area contributed by atoms with Crippen LogP contribution in [0.1, 0.15) is 66.8 Å². The largest absolute Gasteiger partial charge is 0.379 e. The molecule has 8 aromatic rings. The molecule has 8 bridgehead atoms. The molecule has 24 heteroatoms. The van der Waals surface area contributed by atoms with E-state index in [0.717, 1.165) is 0 Å². The zero-order valence-electron chi connectivity index (χ0n) is 43.3. The Hall–Kier alpha value is -7.36. The Morgan fingerprint density at radius 1 is 0.298 bits per heavy atom. The third kappa shape index (κ3) is 14.2. The lowest BCUT2D eigenvalue weighted by Crippen LogP contribution is -2.15. The minimum atomic E-state index is -4.59. The summed E-state index contributed by atoms with van der Waals surface area (Å²) in [6, 6.07) is 42.8. The molecule has 0 N–H and O–H groups in total. The van der Waals surface area contributed by atoms with Crippen molar-refractivity contribution in [3.05, 3.63) is 230 Å². The van der Waals surface area contributed by atoms with E-state index in [1.54, 1.807) is 0 Å². The predicted octanol–water partition coefficient (Wildman–Crippen LogP) is 12.7. The van der Waals surface area contributed by atoms with E-state index in [1.165, 1.54) is 146 Å². The number of halogens is 4. The standard InChI is InChI=1S/C60H40Br4N4O12S4/c61-45-1-9-53(10-2-45)81(69,70)77-49-29-37-25-39-31-50(78-82(71,72)54-11-3-46(62)4-12-54)33-41(58(39)18-22-66)27-43-35-52(80-84(75,76)56-15-7-48(64)8-16-56)36-44(60(43)20-24-68)28-42-34-51(79-83(73,74)55-13-5-47(63)6-14-55)32-40(59(42)19-23-67)26-38(30-49)57(37)17-21-65/h1-16,29-36H,17-20,25-28H2. The van der Waals surface area contributed by atoms with Crippen LogP contribution in [0.4, 0.5) is 0 Å². The Morgan fingerprint density at radius 2 is 0.452 bits per heavy atom. The van der Waals surface area contributed by atoms with Crippen molar-refractivity contribution in [3.63, 3.8) is 0 Å². The number of hydrogen-bond donors (Lipinski definition) is 0. The Kier molecular flexibility index (Phi) is 18.6. The molecule has 0 atom stereocenters. The molecule has 0 spiro atoms. The summed E-state index contributed by atoms with van der Waals surface area (Å²) in [4.78, 5) is -0.839. The molecule has 0 aliphatic heterocycles. The highest BCUT2D eigenvalue weighted by molar-refractivity contribution is 9.11. The topological polar surface area (TPSA) is 269 Å². The van der Waals surface area contributed by atoms with Crippen LogP contribution < -0.4 is 16.7 Å². The molecule has 84 heavy (non-hydrogen) atoms. The highest BCUT2D eigenvalue weighted by Crippen LogP contribution is 2.39. The van der Waals surface area contributed by atoms with E-state index < -0.39 is 40.5 Å². The normalized spacial score (nSPS) is 12.4. The van der Waals surface area contributed by atoms with Crippen molar-refractivity contribution in [2.75, 3.05) is 0 Å². The summed E-state index contributed by atoms with van der Waals surface area (Å²) in [5.74, 6) is -0.918. The Balaban J connectivity index is 1.36. The van der Waals surface area contributed by atoms with Gasteiger partial charge in [-0.15, -0.1) is 0 Å². The highest BCUT2D eigenvalue weighted by atomic mass is 79.9. The molecule has 9 rings (SSSR count). The van der Waals surface area contributed by atoms with E-state index in [2.05, 4.69) is 88.0 Å². The molecule has 0 radical (unpaired) electrons. The molecule has 0 aromatic heterocycles. The molecule has 0 saturated heterocycles. The minimum absolute atomic E-state index is 0.210. The Labute approximate surface area is 519 Å². The Morgan fingerprint density at radius 3 is 0.595 bits per heavy atom.